The second kappa shape index (κ2) is 11.8. The Labute approximate surface area is 193 Å². The van der Waals surface area contributed by atoms with Crippen LogP contribution in [0, 0.1) is 10.8 Å². The second-order valence-electron chi connectivity index (χ2n) is 8.91. The van der Waals surface area contributed by atoms with E-state index in [0.717, 1.165) is 18.4 Å². The number of amides is 2. The third-order valence-electron chi connectivity index (χ3n) is 6.04. The number of nitrogens with one attached hydrogen (secondary N) is 3. The molecule has 0 aromatic heterocycles. The number of rotatable bonds is 11. The molecule has 2 aliphatic rings. The van der Waals surface area contributed by atoms with E-state index in [9.17, 15) is 14.4 Å². The first-order chi connectivity index (χ1) is 15.2. The van der Waals surface area contributed by atoms with Crippen LogP contribution >= 0.6 is 11.8 Å². The summed E-state index contributed by atoms with van der Waals surface area (Å²) in [6, 6.07) is -1.56. The van der Waals surface area contributed by atoms with Gasteiger partial charge >= 0.3 is 0 Å². The topological polar surface area (TPSA) is 150 Å². The van der Waals surface area contributed by atoms with Crippen LogP contribution < -0.4 is 16.5 Å². The van der Waals surface area contributed by atoms with E-state index >= 15 is 0 Å². The fourth-order valence-electron chi connectivity index (χ4n) is 4.17. The van der Waals surface area contributed by atoms with E-state index < -0.39 is 18.1 Å². The molecule has 2 rings (SSSR count). The predicted octanol–water partition coefficient (Wildman–Crippen LogP) is 0.499. The standard InChI is InChI=1S/C21H36N6O4S/c1-13(24-4)19(29)25-15-7-9-32-17-10-21(2,3)18(27(17)20(15)30)16(28)6-5-8-31-12-14(11-22)26-23/h11,13,15,17-18,22,24H,5-10,12,23H2,1-4H3,(H,25,29)/t13-,15-,17-,18+/m0/s1. The lowest BCUT2D eigenvalue weighted by molar-refractivity contribution is -0.143. The highest BCUT2D eigenvalue weighted by atomic mass is 32.2. The zero-order valence-corrected chi connectivity index (χ0v) is 20.2. The van der Waals surface area contributed by atoms with Gasteiger partial charge < -0.3 is 31.5 Å². The molecule has 32 heavy (non-hydrogen) atoms. The van der Waals surface area contributed by atoms with E-state index in [1.807, 2.05) is 13.8 Å². The number of carbonyl (C=O) groups is 3. The molecule has 5 N–H and O–H groups in total. The molecule has 4 atom stereocenters. The first-order valence-corrected chi connectivity index (χ1v) is 12.0. The number of thioether (sulfide) groups is 1. The van der Waals surface area contributed by atoms with E-state index in [1.165, 1.54) is 0 Å². The first kappa shape index (κ1) is 26.3. The Morgan fingerprint density at radius 1 is 1.47 bits per heavy atom. The van der Waals surface area contributed by atoms with Crippen LogP contribution in [0.4, 0.5) is 0 Å². The van der Waals surface area contributed by atoms with E-state index in [4.69, 9.17) is 16.0 Å². The van der Waals surface area contributed by atoms with Gasteiger partial charge in [-0.3, -0.25) is 14.4 Å². The molecule has 0 aromatic rings. The Kier molecular flexibility index (Phi) is 9.65. The maximum atomic E-state index is 13.4. The van der Waals surface area contributed by atoms with Crippen molar-refractivity contribution in [1.29, 1.82) is 5.41 Å². The van der Waals surface area contributed by atoms with Gasteiger partial charge in [-0.05, 0) is 44.4 Å². The zero-order valence-electron chi connectivity index (χ0n) is 19.3. The van der Waals surface area contributed by atoms with Gasteiger partial charge in [-0.2, -0.15) is 5.10 Å². The van der Waals surface area contributed by atoms with Crippen LogP contribution in [-0.2, 0) is 19.1 Å². The average Bonchev–Trinajstić information content (AvgIpc) is 2.95. The molecule has 2 fully saturated rings. The minimum Gasteiger partial charge on any atom is -0.375 e. The van der Waals surface area contributed by atoms with Gasteiger partial charge in [0.25, 0.3) is 0 Å². The van der Waals surface area contributed by atoms with Crippen molar-refractivity contribution in [3.05, 3.63) is 0 Å². The number of Topliss-reactive ketones (excluding diaryl/α,β-unsaturated/α-hetero) is 1. The number of nitrogens with zero attached hydrogens (tertiary/aromatic N) is 2. The predicted molar refractivity (Wildman–Crippen MR) is 126 cm³/mol. The van der Waals surface area contributed by atoms with Crippen molar-refractivity contribution in [2.75, 3.05) is 26.0 Å². The van der Waals surface area contributed by atoms with E-state index in [2.05, 4.69) is 15.7 Å². The van der Waals surface area contributed by atoms with Gasteiger partial charge in [0.2, 0.25) is 11.8 Å². The van der Waals surface area contributed by atoms with Gasteiger partial charge in [-0.25, -0.2) is 0 Å². The van der Waals surface area contributed by atoms with Crippen molar-refractivity contribution in [1.82, 2.24) is 15.5 Å². The number of hydrogen-bond acceptors (Lipinski definition) is 9. The number of likely N-dealkylation sites (N-methyl/N-ethyl adjacent to an activating group) is 1. The molecule has 0 radical (unpaired) electrons. The van der Waals surface area contributed by atoms with Crippen LogP contribution in [0.15, 0.2) is 5.10 Å². The highest BCUT2D eigenvalue weighted by Crippen LogP contribution is 2.46. The largest absolute Gasteiger partial charge is 0.375 e. The molecule has 2 heterocycles. The summed E-state index contributed by atoms with van der Waals surface area (Å²) in [5.41, 5.74) is -0.0291. The van der Waals surface area contributed by atoms with Gasteiger partial charge in [-0.15, -0.1) is 11.8 Å². The molecule has 180 valence electrons. The fourth-order valence-corrected chi connectivity index (χ4v) is 5.74. The van der Waals surface area contributed by atoms with E-state index in [0.29, 0.717) is 25.2 Å². The van der Waals surface area contributed by atoms with Crippen LogP contribution in [0.25, 0.3) is 0 Å². The van der Waals surface area contributed by atoms with Crippen LogP contribution in [0.3, 0.4) is 0 Å². The molecule has 0 aromatic carbocycles. The molecule has 10 nitrogen and oxygen atoms in total. The van der Waals surface area contributed by atoms with Crippen molar-refractivity contribution < 1.29 is 19.1 Å². The summed E-state index contributed by atoms with van der Waals surface area (Å²) in [5, 5.41) is 16.3. The third kappa shape index (κ3) is 6.29. The summed E-state index contributed by atoms with van der Waals surface area (Å²) in [5.74, 6) is 5.50. The monoisotopic (exact) mass is 468 g/mol. The van der Waals surface area contributed by atoms with Crippen molar-refractivity contribution in [3.8, 4) is 0 Å². The molecule has 0 saturated carbocycles. The number of nitrogens with two attached hydrogens (primary N) is 1. The number of ketones is 1. The van der Waals surface area contributed by atoms with Gasteiger partial charge in [0.05, 0.1) is 24.1 Å². The maximum Gasteiger partial charge on any atom is 0.246 e. The molecule has 2 amide bonds. The maximum absolute atomic E-state index is 13.4. The van der Waals surface area contributed by atoms with Crippen molar-refractivity contribution in [2.45, 2.75) is 70.0 Å². The quantitative estimate of drug-likeness (QED) is 0.149. The van der Waals surface area contributed by atoms with Gasteiger partial charge in [0, 0.05) is 19.2 Å². The van der Waals surface area contributed by atoms with Crippen molar-refractivity contribution >= 4 is 41.3 Å². The molecule has 2 saturated heterocycles. The van der Waals surface area contributed by atoms with E-state index in [-0.39, 0.29) is 41.4 Å². The summed E-state index contributed by atoms with van der Waals surface area (Å²) < 4.78 is 5.43. The average molecular weight is 469 g/mol. The lowest BCUT2D eigenvalue weighted by Crippen LogP contribution is -2.56. The summed E-state index contributed by atoms with van der Waals surface area (Å²) in [6.45, 7) is 6.25. The third-order valence-corrected chi connectivity index (χ3v) is 7.29. The number of hydrogen-bond donors (Lipinski definition) is 4. The summed E-state index contributed by atoms with van der Waals surface area (Å²) in [4.78, 5) is 40.8. The minimum absolute atomic E-state index is 0.00499. The molecule has 0 spiro atoms. The second-order valence-corrected chi connectivity index (χ2v) is 10.2. The van der Waals surface area contributed by atoms with Gasteiger partial charge in [0.15, 0.2) is 5.78 Å². The molecule has 0 aliphatic carbocycles. The summed E-state index contributed by atoms with van der Waals surface area (Å²) in [7, 11) is 1.70. The Bertz CT molecular complexity index is 744. The minimum atomic E-state index is -0.626. The molecule has 2 aliphatic heterocycles. The Morgan fingerprint density at radius 2 is 2.19 bits per heavy atom. The molecule has 11 heteroatoms. The van der Waals surface area contributed by atoms with Crippen LogP contribution in [0.2, 0.25) is 0 Å². The summed E-state index contributed by atoms with van der Waals surface area (Å²) >= 11 is 1.68. The van der Waals surface area contributed by atoms with Gasteiger partial charge in [0.1, 0.15) is 11.8 Å². The van der Waals surface area contributed by atoms with Gasteiger partial charge in [-0.1, -0.05) is 13.8 Å². The Balaban J connectivity index is 2.05. The van der Waals surface area contributed by atoms with Crippen LogP contribution in [0.1, 0.15) is 46.5 Å². The van der Waals surface area contributed by atoms with Crippen molar-refractivity contribution in [3.63, 3.8) is 0 Å². The first-order valence-electron chi connectivity index (χ1n) is 10.9. The zero-order chi connectivity index (χ0) is 23.9. The molecule has 0 bridgehead atoms. The lowest BCUT2D eigenvalue weighted by Gasteiger charge is -2.34. The molecular weight excluding hydrogens is 432 g/mol. The lowest BCUT2D eigenvalue weighted by atomic mass is 9.81. The van der Waals surface area contributed by atoms with Crippen LogP contribution in [0.5, 0.6) is 0 Å². The number of ether oxygens (including phenoxy) is 1. The Morgan fingerprint density at radius 3 is 2.81 bits per heavy atom. The Hall–Kier alpha value is -1.98. The molecular formula is C21H36N6O4S. The summed E-state index contributed by atoms with van der Waals surface area (Å²) in [6.07, 6.45) is 3.09. The molecule has 0 unspecified atom stereocenters. The number of hydrazone groups is 1. The SMILES string of the molecule is CN[C@@H](C)C(=O)N[C@H]1CCS[C@H]2CC(C)(C)[C@@H](C(=O)CCCOCC(C=N)=NN)N2C1=O. The van der Waals surface area contributed by atoms with Crippen molar-refractivity contribution in [2.24, 2.45) is 16.4 Å². The smallest absolute Gasteiger partial charge is 0.246 e. The normalized spacial score (nSPS) is 26.2. The van der Waals surface area contributed by atoms with Crippen LogP contribution in [-0.4, -0.2) is 83.9 Å². The van der Waals surface area contributed by atoms with E-state index in [1.54, 1.807) is 30.6 Å². The highest BCUT2D eigenvalue weighted by Gasteiger charge is 2.53. The highest BCUT2D eigenvalue weighted by molar-refractivity contribution is 7.99. The fraction of sp³-hybridized carbons (Fsp3) is 0.762. The number of carbonyl (C=O) groups excluding carboxylic acids is 3. The number of fused-ring (bicyclic) bond motifs is 1.